The third-order valence-electron chi connectivity index (χ3n) is 5.58. The summed E-state index contributed by atoms with van der Waals surface area (Å²) in [7, 11) is 0. The van der Waals surface area contributed by atoms with Crippen LogP contribution in [0.15, 0.2) is 53.3 Å². The minimum atomic E-state index is -5.02. The number of amides is 1. The van der Waals surface area contributed by atoms with Crippen LogP contribution < -0.4 is 11.0 Å². The maximum Gasteiger partial charge on any atom is 0.416 e. The number of alkyl halides is 6. The highest BCUT2D eigenvalue weighted by atomic mass is 35.5. The molecule has 3 aromatic rings. The van der Waals surface area contributed by atoms with Gasteiger partial charge < -0.3 is 10.4 Å². The van der Waals surface area contributed by atoms with E-state index in [1.54, 1.807) is 6.92 Å². The molecule has 0 spiro atoms. The van der Waals surface area contributed by atoms with E-state index < -0.39 is 54.7 Å². The second-order valence-electron chi connectivity index (χ2n) is 8.47. The average Bonchev–Trinajstić information content (AvgIpc) is 3.13. The molecular formula is C24H23ClF6N4O3. The molecule has 1 heterocycles. The molecule has 2 aromatic carbocycles. The summed E-state index contributed by atoms with van der Waals surface area (Å²) in [4.78, 5) is 25.7. The third-order valence-corrected chi connectivity index (χ3v) is 5.83. The summed E-state index contributed by atoms with van der Waals surface area (Å²) in [5, 5.41) is 16.4. The summed E-state index contributed by atoms with van der Waals surface area (Å²) < 4.78 is 79.7. The standard InChI is InChI=1S/C24H23ClF6N4O3/c1-2-4-18(15-5-3-6-16(11-15)23(26,27)28)32-20(37)13-35-22(38)34(12-19(36)24(29,30)31)21(33-35)14-7-9-17(25)10-8-14/h3,5-11,18-19,36H,2,4,12-13H2,1H3,(H,32,37)/t18?,19-/m0/s1. The molecule has 0 aliphatic carbocycles. The van der Waals surface area contributed by atoms with Crippen molar-refractivity contribution in [3.8, 4) is 11.4 Å². The summed E-state index contributed by atoms with van der Waals surface area (Å²) in [6.07, 6.45) is -11.7. The van der Waals surface area contributed by atoms with Gasteiger partial charge in [0.2, 0.25) is 5.91 Å². The van der Waals surface area contributed by atoms with Crippen molar-refractivity contribution in [1.29, 1.82) is 0 Å². The first-order valence-corrected chi connectivity index (χ1v) is 11.7. The molecule has 0 aliphatic rings. The zero-order valence-corrected chi connectivity index (χ0v) is 20.6. The Kier molecular flexibility index (Phi) is 8.93. The van der Waals surface area contributed by atoms with E-state index in [0.29, 0.717) is 20.7 Å². The van der Waals surface area contributed by atoms with Crippen molar-refractivity contribution in [2.75, 3.05) is 0 Å². The Morgan fingerprint density at radius 3 is 2.34 bits per heavy atom. The van der Waals surface area contributed by atoms with Crippen LogP contribution in [0.2, 0.25) is 5.02 Å². The molecule has 0 bridgehead atoms. The van der Waals surface area contributed by atoms with Gasteiger partial charge in [-0.3, -0.25) is 9.36 Å². The lowest BCUT2D eigenvalue weighted by atomic mass is 10.00. The maximum atomic E-state index is 13.1. The second-order valence-corrected chi connectivity index (χ2v) is 8.91. The normalized spacial score (nSPS) is 13.8. The van der Waals surface area contributed by atoms with E-state index in [-0.39, 0.29) is 23.4 Å². The molecule has 1 aromatic heterocycles. The number of aromatic nitrogens is 3. The number of nitrogens with one attached hydrogen (secondary N) is 1. The topological polar surface area (TPSA) is 89.2 Å². The van der Waals surface area contributed by atoms with Gasteiger partial charge >= 0.3 is 18.0 Å². The van der Waals surface area contributed by atoms with E-state index in [1.807, 2.05) is 0 Å². The van der Waals surface area contributed by atoms with Gasteiger partial charge in [-0.15, -0.1) is 5.10 Å². The number of carbonyl (C=O) groups excluding carboxylic acids is 1. The minimum Gasteiger partial charge on any atom is -0.382 e. The number of nitrogens with zero attached hydrogens (tertiary/aromatic N) is 3. The molecule has 38 heavy (non-hydrogen) atoms. The molecule has 0 radical (unpaired) electrons. The summed E-state index contributed by atoms with van der Waals surface area (Å²) in [6, 6.07) is 9.26. The first-order chi connectivity index (χ1) is 17.7. The summed E-state index contributed by atoms with van der Waals surface area (Å²) in [6.45, 7) is -0.137. The monoisotopic (exact) mass is 564 g/mol. The number of aliphatic hydroxyl groups is 1. The van der Waals surface area contributed by atoms with Gasteiger partial charge in [-0.25, -0.2) is 9.48 Å². The predicted octanol–water partition coefficient (Wildman–Crippen LogP) is 4.96. The number of halogens is 7. The molecule has 0 aliphatic heterocycles. The molecule has 2 N–H and O–H groups in total. The SMILES string of the molecule is CCCC(NC(=O)Cn1nc(-c2ccc(Cl)cc2)n(C[C@H](O)C(F)(F)F)c1=O)c1cccc(C(F)(F)F)c1. The van der Waals surface area contributed by atoms with Gasteiger partial charge in [-0.2, -0.15) is 26.3 Å². The smallest absolute Gasteiger partial charge is 0.382 e. The fraction of sp³-hybridized carbons (Fsp3) is 0.375. The van der Waals surface area contributed by atoms with E-state index in [2.05, 4.69) is 10.4 Å². The van der Waals surface area contributed by atoms with Crippen LogP contribution in [-0.4, -0.2) is 37.6 Å². The number of rotatable bonds is 9. The lowest BCUT2D eigenvalue weighted by Gasteiger charge is -2.20. The molecular weight excluding hydrogens is 542 g/mol. The largest absolute Gasteiger partial charge is 0.416 e. The van der Waals surface area contributed by atoms with E-state index in [1.165, 1.54) is 36.4 Å². The summed E-state index contributed by atoms with van der Waals surface area (Å²) in [5.74, 6) is -1.04. The fourth-order valence-corrected chi connectivity index (χ4v) is 3.84. The number of aliphatic hydroxyl groups excluding tert-OH is 1. The molecule has 7 nitrogen and oxygen atoms in total. The Balaban J connectivity index is 1.91. The van der Waals surface area contributed by atoms with Crippen molar-refractivity contribution in [2.24, 2.45) is 0 Å². The van der Waals surface area contributed by atoms with Crippen molar-refractivity contribution in [2.45, 2.75) is 57.4 Å². The van der Waals surface area contributed by atoms with Crippen molar-refractivity contribution >= 4 is 17.5 Å². The molecule has 0 saturated carbocycles. The van der Waals surface area contributed by atoms with Gasteiger partial charge in [0.1, 0.15) is 6.54 Å². The Morgan fingerprint density at radius 1 is 1.11 bits per heavy atom. The van der Waals surface area contributed by atoms with Crippen LogP contribution in [0.25, 0.3) is 11.4 Å². The molecule has 206 valence electrons. The Bertz CT molecular complexity index is 1320. The molecule has 2 atom stereocenters. The predicted molar refractivity (Wildman–Crippen MR) is 126 cm³/mol. The van der Waals surface area contributed by atoms with Crippen molar-refractivity contribution in [3.63, 3.8) is 0 Å². The molecule has 0 fully saturated rings. The third kappa shape index (κ3) is 7.16. The van der Waals surface area contributed by atoms with E-state index in [0.717, 1.165) is 12.1 Å². The Labute approximate surface area is 217 Å². The van der Waals surface area contributed by atoms with Crippen LogP contribution in [0.4, 0.5) is 26.3 Å². The highest BCUT2D eigenvalue weighted by Gasteiger charge is 2.39. The van der Waals surface area contributed by atoms with E-state index in [9.17, 15) is 41.0 Å². The van der Waals surface area contributed by atoms with Crippen LogP contribution in [0.3, 0.4) is 0 Å². The molecule has 1 amide bonds. The van der Waals surface area contributed by atoms with Gasteiger partial charge in [0.25, 0.3) is 0 Å². The zero-order valence-electron chi connectivity index (χ0n) is 19.9. The van der Waals surface area contributed by atoms with Gasteiger partial charge in [-0.05, 0) is 48.4 Å². The van der Waals surface area contributed by atoms with Crippen molar-refractivity contribution in [1.82, 2.24) is 19.7 Å². The molecule has 1 unspecified atom stereocenters. The van der Waals surface area contributed by atoms with Crippen LogP contribution in [0, 0.1) is 0 Å². The van der Waals surface area contributed by atoms with Gasteiger partial charge in [0, 0.05) is 10.6 Å². The molecule has 3 rings (SSSR count). The van der Waals surface area contributed by atoms with Crippen LogP contribution >= 0.6 is 11.6 Å². The second kappa shape index (κ2) is 11.6. The fourth-order valence-electron chi connectivity index (χ4n) is 3.72. The van der Waals surface area contributed by atoms with Crippen LogP contribution in [0.1, 0.15) is 36.9 Å². The maximum absolute atomic E-state index is 13.1. The Morgan fingerprint density at radius 2 is 1.76 bits per heavy atom. The van der Waals surface area contributed by atoms with Gasteiger partial charge in [-0.1, -0.05) is 37.1 Å². The lowest BCUT2D eigenvalue weighted by molar-refractivity contribution is -0.207. The van der Waals surface area contributed by atoms with Crippen LogP contribution in [-0.2, 0) is 24.1 Å². The average molecular weight is 565 g/mol. The van der Waals surface area contributed by atoms with Crippen molar-refractivity contribution in [3.05, 3.63) is 75.2 Å². The highest BCUT2D eigenvalue weighted by Crippen LogP contribution is 2.31. The van der Waals surface area contributed by atoms with Gasteiger partial charge in [0.15, 0.2) is 11.9 Å². The first kappa shape index (κ1) is 29.2. The summed E-state index contributed by atoms with van der Waals surface area (Å²) >= 11 is 5.85. The number of carbonyl (C=O) groups is 1. The Hall–Kier alpha value is -3.32. The number of hydrogen-bond acceptors (Lipinski definition) is 4. The highest BCUT2D eigenvalue weighted by molar-refractivity contribution is 6.30. The number of benzene rings is 2. The quantitative estimate of drug-likeness (QED) is 0.359. The first-order valence-electron chi connectivity index (χ1n) is 11.4. The van der Waals surface area contributed by atoms with E-state index >= 15 is 0 Å². The molecule has 0 saturated heterocycles. The minimum absolute atomic E-state index is 0.197. The summed E-state index contributed by atoms with van der Waals surface area (Å²) in [5.41, 5.74) is -1.59. The number of hydrogen-bond donors (Lipinski definition) is 2. The van der Waals surface area contributed by atoms with Crippen LogP contribution in [0.5, 0.6) is 0 Å². The zero-order chi connectivity index (χ0) is 28.3. The molecule has 14 heteroatoms. The van der Waals surface area contributed by atoms with Crippen molar-refractivity contribution < 1.29 is 36.2 Å². The van der Waals surface area contributed by atoms with E-state index in [4.69, 9.17) is 11.6 Å². The lowest BCUT2D eigenvalue weighted by Crippen LogP contribution is -2.39. The van der Waals surface area contributed by atoms with Gasteiger partial charge in [0.05, 0.1) is 18.2 Å².